The molecule has 8 N–H and O–H groups in total. The van der Waals surface area contributed by atoms with Gasteiger partial charge in [0.25, 0.3) is 0 Å². The average molecular weight is 579 g/mol. The van der Waals surface area contributed by atoms with Gasteiger partial charge < -0.3 is 64.2 Å². The van der Waals surface area contributed by atoms with Crippen molar-refractivity contribution >= 4 is 11.0 Å². The minimum Gasteiger partial charge on any atom is -0.507 e. The number of hydrogen-bond donors (Lipinski definition) is 8. The van der Waals surface area contributed by atoms with Gasteiger partial charge in [-0.25, -0.2) is 0 Å². The van der Waals surface area contributed by atoms with Crippen molar-refractivity contribution in [1.29, 1.82) is 0 Å². The van der Waals surface area contributed by atoms with E-state index < -0.39 is 78.3 Å². The fourth-order valence-electron chi connectivity index (χ4n) is 4.80. The molecule has 0 spiro atoms. The van der Waals surface area contributed by atoms with E-state index in [0.717, 1.165) is 12.1 Å². The Kier molecular flexibility index (Phi) is 7.84. The van der Waals surface area contributed by atoms with Crippen LogP contribution in [0.5, 0.6) is 23.0 Å². The van der Waals surface area contributed by atoms with E-state index in [9.17, 15) is 45.6 Å². The van der Waals surface area contributed by atoms with Crippen molar-refractivity contribution in [3.63, 3.8) is 0 Å². The molecule has 2 aliphatic rings. The second-order valence-electron chi connectivity index (χ2n) is 10.1. The van der Waals surface area contributed by atoms with Crippen molar-refractivity contribution in [2.45, 2.75) is 75.3 Å². The van der Waals surface area contributed by atoms with Crippen LogP contribution in [0.15, 0.2) is 45.6 Å². The van der Waals surface area contributed by atoms with Crippen LogP contribution in [0, 0.1) is 0 Å². The van der Waals surface area contributed by atoms with E-state index in [0.29, 0.717) is 0 Å². The summed E-state index contributed by atoms with van der Waals surface area (Å²) in [7, 11) is 0. The van der Waals surface area contributed by atoms with Crippen LogP contribution < -0.4 is 10.2 Å². The molecule has 3 aromatic rings. The van der Waals surface area contributed by atoms with Crippen LogP contribution in [-0.4, -0.2) is 102 Å². The number of phenolic OH excluding ortho intramolecular Hbond substituents is 3. The Morgan fingerprint density at radius 3 is 2.10 bits per heavy atom. The molecule has 0 saturated carbocycles. The highest BCUT2D eigenvalue weighted by Gasteiger charge is 2.50. The number of benzene rings is 2. The molecule has 0 aliphatic carbocycles. The number of fused-ring (bicyclic) bond motifs is 1. The summed E-state index contributed by atoms with van der Waals surface area (Å²) in [6.45, 7) is 2.92. The van der Waals surface area contributed by atoms with Crippen molar-refractivity contribution in [1.82, 2.24) is 0 Å². The molecule has 2 fully saturated rings. The zero-order chi connectivity index (χ0) is 29.7. The maximum absolute atomic E-state index is 12.8. The first-order valence-electron chi connectivity index (χ1n) is 12.7. The van der Waals surface area contributed by atoms with E-state index in [4.69, 9.17) is 23.4 Å². The molecule has 14 heteroatoms. The molecule has 10 unspecified atom stereocenters. The highest BCUT2D eigenvalue weighted by Crippen LogP contribution is 2.36. The van der Waals surface area contributed by atoms with E-state index >= 15 is 0 Å². The normalized spacial score (nSPS) is 34.0. The monoisotopic (exact) mass is 578 g/mol. The lowest BCUT2D eigenvalue weighted by molar-refractivity contribution is -0.346. The number of phenols is 3. The lowest BCUT2D eigenvalue weighted by atomic mass is 9.97. The lowest BCUT2D eigenvalue weighted by Crippen LogP contribution is -2.63. The van der Waals surface area contributed by atoms with E-state index in [1.165, 1.54) is 38.1 Å². The van der Waals surface area contributed by atoms with Crippen molar-refractivity contribution in [3.05, 3.63) is 46.6 Å². The van der Waals surface area contributed by atoms with E-state index in [2.05, 4.69) is 0 Å². The van der Waals surface area contributed by atoms with Crippen LogP contribution in [0.3, 0.4) is 0 Å². The molecule has 2 aromatic carbocycles. The van der Waals surface area contributed by atoms with Crippen LogP contribution in [0.2, 0.25) is 0 Å². The van der Waals surface area contributed by atoms with E-state index in [1.54, 1.807) is 0 Å². The van der Waals surface area contributed by atoms with Gasteiger partial charge in [-0.15, -0.1) is 0 Å². The van der Waals surface area contributed by atoms with Gasteiger partial charge in [-0.2, -0.15) is 0 Å². The lowest BCUT2D eigenvalue weighted by Gasteiger charge is -2.45. The van der Waals surface area contributed by atoms with Gasteiger partial charge in [0.15, 0.2) is 23.2 Å². The van der Waals surface area contributed by atoms with Crippen molar-refractivity contribution < 1.29 is 64.2 Å². The van der Waals surface area contributed by atoms with Crippen LogP contribution in [0.4, 0.5) is 0 Å². The van der Waals surface area contributed by atoms with Gasteiger partial charge in [-0.3, -0.25) is 4.79 Å². The Balaban J connectivity index is 1.41. The molecule has 5 rings (SSSR count). The van der Waals surface area contributed by atoms with Gasteiger partial charge in [0.2, 0.25) is 6.29 Å². The van der Waals surface area contributed by atoms with Crippen LogP contribution in [0.25, 0.3) is 22.3 Å². The second kappa shape index (κ2) is 11.1. The van der Waals surface area contributed by atoms with E-state index in [-0.39, 0.29) is 33.8 Å². The van der Waals surface area contributed by atoms with Gasteiger partial charge in [-0.05, 0) is 32.0 Å². The van der Waals surface area contributed by atoms with Gasteiger partial charge in [0.1, 0.15) is 64.9 Å². The molecule has 41 heavy (non-hydrogen) atoms. The Morgan fingerprint density at radius 2 is 1.39 bits per heavy atom. The van der Waals surface area contributed by atoms with Gasteiger partial charge in [-0.1, -0.05) is 0 Å². The standard InChI is InChI=1S/C27H30O14/c1-9-20(32)22(34)23(35)26(37-9)41-25-21(33)10(2)38-27(24(25)36)39-12-6-15(30)19-16(31)8-17(40-18(19)7-12)11-3-4-13(28)14(29)5-11/h3-10,20-30,32-36H,1-2H3. The molecule has 2 aliphatic heterocycles. The Bertz CT molecular complexity index is 1470. The van der Waals surface area contributed by atoms with Gasteiger partial charge in [0, 0.05) is 23.8 Å². The third-order valence-electron chi connectivity index (χ3n) is 7.18. The third-order valence-corrected chi connectivity index (χ3v) is 7.18. The summed E-state index contributed by atoms with van der Waals surface area (Å²) in [6, 6.07) is 7.27. The van der Waals surface area contributed by atoms with Crippen molar-refractivity contribution in [2.75, 3.05) is 0 Å². The molecule has 14 nitrogen and oxygen atoms in total. The summed E-state index contributed by atoms with van der Waals surface area (Å²) in [4.78, 5) is 12.8. The zero-order valence-corrected chi connectivity index (χ0v) is 21.8. The molecule has 222 valence electrons. The SMILES string of the molecule is CC1OC(OC2C(O)C(C)OC(Oc3cc(O)c4c(=O)cc(-c5ccc(O)c(O)c5)oc4c3)C2O)C(O)C(O)C1O. The largest absolute Gasteiger partial charge is 0.507 e. The molecule has 2 saturated heterocycles. The van der Waals surface area contributed by atoms with Crippen LogP contribution >= 0.6 is 0 Å². The molecular formula is C27H30O14. The summed E-state index contributed by atoms with van der Waals surface area (Å²) < 4.78 is 28.2. The number of aliphatic hydroxyl groups excluding tert-OH is 5. The van der Waals surface area contributed by atoms with Gasteiger partial charge >= 0.3 is 0 Å². The maximum Gasteiger partial charge on any atom is 0.229 e. The van der Waals surface area contributed by atoms with Crippen molar-refractivity contribution in [3.8, 4) is 34.3 Å². The molecule has 0 bridgehead atoms. The number of aliphatic hydroxyl groups is 5. The summed E-state index contributed by atoms with van der Waals surface area (Å²) in [5.41, 5.74) is -0.455. The number of aromatic hydroxyl groups is 3. The summed E-state index contributed by atoms with van der Waals surface area (Å²) in [6.07, 6.45) is -14.1. The number of ether oxygens (including phenoxy) is 4. The smallest absolute Gasteiger partial charge is 0.229 e. The quantitative estimate of drug-likeness (QED) is 0.181. The first-order chi connectivity index (χ1) is 19.3. The van der Waals surface area contributed by atoms with Gasteiger partial charge in [0.05, 0.1) is 12.2 Å². The average Bonchev–Trinajstić information content (AvgIpc) is 2.92. The zero-order valence-electron chi connectivity index (χ0n) is 21.8. The molecular weight excluding hydrogens is 548 g/mol. The third kappa shape index (κ3) is 5.43. The molecule has 0 radical (unpaired) electrons. The fraction of sp³-hybridized carbons (Fsp3) is 0.444. The topological polar surface area (TPSA) is 229 Å². The molecule has 1 aromatic heterocycles. The predicted octanol–water partition coefficient (Wildman–Crippen LogP) is -0.365. The summed E-state index contributed by atoms with van der Waals surface area (Å²) in [5, 5.41) is 81.7. The maximum atomic E-state index is 12.8. The minimum absolute atomic E-state index is 0.0149. The number of rotatable bonds is 5. The summed E-state index contributed by atoms with van der Waals surface area (Å²) >= 11 is 0. The second-order valence-corrected chi connectivity index (χ2v) is 10.1. The fourth-order valence-corrected chi connectivity index (χ4v) is 4.80. The highest BCUT2D eigenvalue weighted by molar-refractivity contribution is 5.86. The molecule has 0 amide bonds. The van der Waals surface area contributed by atoms with Crippen molar-refractivity contribution in [2.24, 2.45) is 0 Å². The number of hydrogen-bond acceptors (Lipinski definition) is 14. The van der Waals surface area contributed by atoms with E-state index in [1.807, 2.05) is 0 Å². The Labute approximate surface area is 231 Å². The minimum atomic E-state index is -1.69. The Morgan fingerprint density at radius 1 is 0.707 bits per heavy atom. The summed E-state index contributed by atoms with van der Waals surface area (Å²) in [5.74, 6) is -1.39. The van der Waals surface area contributed by atoms with Crippen LogP contribution in [-0.2, 0) is 14.2 Å². The molecule has 3 heterocycles. The first kappa shape index (κ1) is 29.0. The Hall–Kier alpha value is -3.47. The highest BCUT2D eigenvalue weighted by atomic mass is 16.7. The molecule has 10 atom stereocenters. The predicted molar refractivity (Wildman–Crippen MR) is 137 cm³/mol. The van der Waals surface area contributed by atoms with Crippen LogP contribution in [0.1, 0.15) is 13.8 Å². The first-order valence-corrected chi connectivity index (χ1v) is 12.7.